The first-order chi connectivity index (χ1) is 13.7. The van der Waals surface area contributed by atoms with Crippen LogP contribution in [0.5, 0.6) is 0 Å². The molecule has 2 aliphatic heterocycles. The summed E-state index contributed by atoms with van der Waals surface area (Å²) in [6.07, 6.45) is 1.03. The van der Waals surface area contributed by atoms with Crippen LogP contribution in [0.4, 0.5) is 0 Å². The zero-order valence-corrected chi connectivity index (χ0v) is 16.1. The second-order valence-electron chi connectivity index (χ2n) is 7.82. The average molecular weight is 375 g/mol. The van der Waals surface area contributed by atoms with Gasteiger partial charge in [0.05, 0.1) is 26.4 Å². The summed E-state index contributed by atoms with van der Waals surface area (Å²) in [5, 5.41) is 1.35. The Morgan fingerprint density at radius 1 is 1.14 bits per heavy atom. The molecule has 28 heavy (non-hydrogen) atoms. The standard InChI is InChI=1S/C23H25N3O2/c1-28-21(27)14-25-13-19(16-7-3-2-4-8-16)23-22-18(11-12-26(23)15-25)17-9-5-6-10-20(17)24-22/h2-10,19,23-24H,11-15H2,1H3/t19-,23-/m0/s1. The van der Waals surface area contributed by atoms with E-state index >= 15 is 0 Å². The van der Waals surface area contributed by atoms with Crippen LogP contribution in [0.2, 0.25) is 0 Å². The van der Waals surface area contributed by atoms with Crippen molar-refractivity contribution in [3.63, 3.8) is 0 Å². The Balaban J connectivity index is 1.57. The molecular weight excluding hydrogens is 350 g/mol. The Bertz CT molecular complexity index is 998. The molecule has 5 nitrogen and oxygen atoms in total. The van der Waals surface area contributed by atoms with E-state index in [-0.39, 0.29) is 5.97 Å². The lowest BCUT2D eigenvalue weighted by Crippen LogP contribution is -2.53. The average Bonchev–Trinajstić information content (AvgIpc) is 3.12. The van der Waals surface area contributed by atoms with Crippen molar-refractivity contribution < 1.29 is 9.53 Å². The maximum atomic E-state index is 11.9. The topological polar surface area (TPSA) is 48.6 Å². The molecule has 1 aromatic heterocycles. The van der Waals surface area contributed by atoms with E-state index in [0.717, 1.165) is 26.2 Å². The van der Waals surface area contributed by atoms with Crippen molar-refractivity contribution in [2.45, 2.75) is 18.4 Å². The first kappa shape index (κ1) is 17.5. The highest BCUT2D eigenvalue weighted by Crippen LogP contribution is 2.44. The van der Waals surface area contributed by atoms with Gasteiger partial charge in [-0.2, -0.15) is 0 Å². The molecule has 2 aromatic carbocycles. The summed E-state index contributed by atoms with van der Waals surface area (Å²) in [7, 11) is 1.46. The molecule has 3 aromatic rings. The molecular formula is C23H25N3O2. The van der Waals surface area contributed by atoms with E-state index < -0.39 is 0 Å². The molecule has 0 bridgehead atoms. The number of nitrogens with one attached hydrogen (secondary N) is 1. The van der Waals surface area contributed by atoms with E-state index in [4.69, 9.17) is 4.74 Å². The first-order valence-corrected chi connectivity index (χ1v) is 9.92. The smallest absolute Gasteiger partial charge is 0.319 e. The lowest BCUT2D eigenvalue weighted by molar-refractivity contribution is -0.143. The van der Waals surface area contributed by atoms with Gasteiger partial charge in [-0.05, 0) is 23.6 Å². The van der Waals surface area contributed by atoms with Crippen LogP contribution in [0.25, 0.3) is 10.9 Å². The number of nitrogens with zero attached hydrogens (tertiary/aromatic N) is 2. The fraction of sp³-hybridized carbons (Fsp3) is 0.348. The van der Waals surface area contributed by atoms with Gasteiger partial charge in [-0.25, -0.2) is 0 Å². The minimum absolute atomic E-state index is 0.173. The van der Waals surface area contributed by atoms with Gasteiger partial charge < -0.3 is 9.72 Å². The highest BCUT2D eigenvalue weighted by Gasteiger charge is 2.41. The highest BCUT2D eigenvalue weighted by atomic mass is 16.5. The second-order valence-corrected chi connectivity index (χ2v) is 7.82. The number of aromatic amines is 1. The summed E-state index contributed by atoms with van der Waals surface area (Å²) in [6.45, 7) is 2.97. The lowest BCUT2D eigenvalue weighted by atomic mass is 9.82. The Hall–Kier alpha value is -2.63. The van der Waals surface area contributed by atoms with Crippen molar-refractivity contribution in [1.82, 2.24) is 14.8 Å². The van der Waals surface area contributed by atoms with E-state index in [0.29, 0.717) is 18.5 Å². The predicted molar refractivity (Wildman–Crippen MR) is 109 cm³/mol. The summed E-state index contributed by atoms with van der Waals surface area (Å²) in [4.78, 5) is 20.4. The molecule has 5 heteroatoms. The molecule has 0 saturated carbocycles. The van der Waals surface area contributed by atoms with Crippen LogP contribution in [0, 0.1) is 0 Å². The van der Waals surface area contributed by atoms with Crippen molar-refractivity contribution in [3.8, 4) is 0 Å². The van der Waals surface area contributed by atoms with Gasteiger partial charge in [-0.15, -0.1) is 0 Å². The van der Waals surface area contributed by atoms with Crippen LogP contribution in [-0.2, 0) is 16.0 Å². The summed E-state index contributed by atoms with van der Waals surface area (Å²) < 4.78 is 4.92. The number of carbonyl (C=O) groups is 1. The van der Waals surface area contributed by atoms with Gasteiger partial charge in [0.1, 0.15) is 0 Å². The van der Waals surface area contributed by atoms with Gasteiger partial charge >= 0.3 is 5.97 Å². The van der Waals surface area contributed by atoms with Gasteiger partial charge in [0.15, 0.2) is 0 Å². The number of benzene rings is 2. The zero-order valence-electron chi connectivity index (χ0n) is 16.1. The monoisotopic (exact) mass is 375 g/mol. The maximum absolute atomic E-state index is 11.9. The Morgan fingerprint density at radius 2 is 1.93 bits per heavy atom. The molecule has 0 radical (unpaired) electrons. The Morgan fingerprint density at radius 3 is 2.75 bits per heavy atom. The van der Waals surface area contributed by atoms with E-state index in [1.54, 1.807) is 0 Å². The molecule has 2 aliphatic rings. The van der Waals surface area contributed by atoms with Crippen LogP contribution in [0.1, 0.15) is 28.8 Å². The van der Waals surface area contributed by atoms with E-state index in [1.807, 2.05) is 0 Å². The molecule has 0 unspecified atom stereocenters. The predicted octanol–water partition coefficient (Wildman–Crippen LogP) is 3.30. The number of H-pyrrole nitrogens is 1. The number of esters is 1. The number of rotatable bonds is 3. The number of carbonyl (C=O) groups excluding carboxylic acids is 1. The summed E-state index contributed by atoms with van der Waals surface area (Å²) in [6, 6.07) is 19.6. The third kappa shape index (κ3) is 2.91. The number of aromatic nitrogens is 1. The maximum Gasteiger partial charge on any atom is 0.319 e. The van der Waals surface area contributed by atoms with Crippen LogP contribution in [-0.4, -0.2) is 54.2 Å². The fourth-order valence-corrected chi connectivity index (χ4v) is 4.98. The second kappa shape index (κ2) is 7.08. The minimum Gasteiger partial charge on any atom is -0.468 e. The van der Waals surface area contributed by atoms with Crippen molar-refractivity contribution in [2.24, 2.45) is 0 Å². The normalized spacial score (nSPS) is 22.6. The van der Waals surface area contributed by atoms with Crippen LogP contribution in [0.3, 0.4) is 0 Å². The van der Waals surface area contributed by atoms with Crippen molar-refractivity contribution in [1.29, 1.82) is 0 Å². The van der Waals surface area contributed by atoms with Gasteiger partial charge in [-0.1, -0.05) is 48.5 Å². The molecule has 0 spiro atoms. The number of methoxy groups -OCH3 is 1. The fourth-order valence-electron chi connectivity index (χ4n) is 4.98. The number of fused-ring (bicyclic) bond motifs is 5. The zero-order chi connectivity index (χ0) is 19.1. The summed E-state index contributed by atoms with van der Waals surface area (Å²) >= 11 is 0. The SMILES string of the molecule is COC(=O)CN1C[C@@H](c2ccccc2)[C@H]2c3[nH]c4ccccc4c3CCN2C1. The van der Waals surface area contributed by atoms with Crippen LogP contribution in [0.15, 0.2) is 54.6 Å². The minimum atomic E-state index is -0.173. The molecule has 1 N–H and O–H groups in total. The summed E-state index contributed by atoms with van der Waals surface area (Å²) in [5.74, 6) is 0.125. The van der Waals surface area contributed by atoms with Crippen molar-refractivity contribution >= 4 is 16.9 Å². The van der Waals surface area contributed by atoms with E-state index in [1.165, 1.54) is 34.8 Å². The van der Waals surface area contributed by atoms with Crippen LogP contribution >= 0.6 is 0 Å². The molecule has 1 fully saturated rings. The third-order valence-corrected chi connectivity index (χ3v) is 6.21. The Kier molecular flexibility index (Phi) is 4.41. The first-order valence-electron chi connectivity index (χ1n) is 9.92. The summed E-state index contributed by atoms with van der Waals surface area (Å²) in [5.41, 5.74) is 5.34. The molecule has 0 amide bonds. The number of hydrogen-bond acceptors (Lipinski definition) is 4. The van der Waals surface area contributed by atoms with Gasteiger partial charge in [-0.3, -0.25) is 14.6 Å². The quantitative estimate of drug-likeness (QED) is 0.714. The van der Waals surface area contributed by atoms with Gasteiger partial charge in [0.2, 0.25) is 0 Å². The molecule has 144 valence electrons. The highest BCUT2D eigenvalue weighted by molar-refractivity contribution is 5.85. The molecule has 2 atom stereocenters. The molecule has 3 heterocycles. The Labute approximate surface area is 164 Å². The molecule has 0 aliphatic carbocycles. The largest absolute Gasteiger partial charge is 0.468 e. The van der Waals surface area contributed by atoms with E-state index in [2.05, 4.69) is 69.4 Å². The van der Waals surface area contributed by atoms with Crippen LogP contribution < -0.4 is 0 Å². The van der Waals surface area contributed by atoms with Crippen molar-refractivity contribution in [2.75, 3.05) is 33.4 Å². The molecule has 5 rings (SSSR count). The van der Waals surface area contributed by atoms with Gasteiger partial charge in [0.25, 0.3) is 0 Å². The number of para-hydroxylation sites is 1. The number of ether oxygens (including phenoxy) is 1. The van der Waals surface area contributed by atoms with E-state index in [9.17, 15) is 4.79 Å². The third-order valence-electron chi connectivity index (χ3n) is 6.21. The molecule has 1 saturated heterocycles. The lowest BCUT2D eigenvalue weighted by Gasteiger charge is -2.48. The van der Waals surface area contributed by atoms with Crippen molar-refractivity contribution in [3.05, 3.63) is 71.4 Å². The number of hydrogen-bond donors (Lipinski definition) is 1. The van der Waals surface area contributed by atoms with Gasteiger partial charge in [0, 0.05) is 35.6 Å².